The van der Waals surface area contributed by atoms with Crippen molar-refractivity contribution in [2.45, 2.75) is 38.1 Å². The smallest absolute Gasteiger partial charge is 0.419 e. The Labute approximate surface area is 242 Å². The maximum Gasteiger partial charge on any atom is 0.419 e. The molecule has 4 nitrogen and oxygen atoms in total. The maximum atomic E-state index is 15.1. The molecule has 42 heavy (non-hydrogen) atoms. The lowest BCUT2D eigenvalue weighted by molar-refractivity contribution is -0.145. The van der Waals surface area contributed by atoms with Gasteiger partial charge >= 0.3 is 12.1 Å². The van der Waals surface area contributed by atoms with Crippen molar-refractivity contribution in [3.8, 4) is 5.75 Å². The minimum absolute atomic E-state index is 0.00682. The number of halogens is 4. The first-order valence-corrected chi connectivity index (χ1v) is 13.8. The summed E-state index contributed by atoms with van der Waals surface area (Å²) in [6.45, 7) is 1.52. The second-order valence-corrected chi connectivity index (χ2v) is 10.4. The first-order valence-electron chi connectivity index (χ1n) is 13.8. The van der Waals surface area contributed by atoms with Gasteiger partial charge in [-0.2, -0.15) is 13.2 Å². The summed E-state index contributed by atoms with van der Waals surface area (Å²) >= 11 is 0. The summed E-state index contributed by atoms with van der Waals surface area (Å²) in [4.78, 5) is 13.6. The molecule has 0 aliphatic carbocycles. The molecule has 5 rings (SSSR count). The highest BCUT2D eigenvalue weighted by Crippen LogP contribution is 2.33. The van der Waals surface area contributed by atoms with Crippen LogP contribution in [0.5, 0.6) is 5.75 Å². The summed E-state index contributed by atoms with van der Waals surface area (Å²) in [5, 5.41) is 0. The number of benzene rings is 4. The molecule has 1 aliphatic heterocycles. The van der Waals surface area contributed by atoms with Gasteiger partial charge in [-0.1, -0.05) is 78.9 Å². The van der Waals surface area contributed by atoms with Crippen LogP contribution in [-0.4, -0.2) is 30.6 Å². The van der Waals surface area contributed by atoms with Crippen LogP contribution in [0.4, 0.5) is 17.6 Å². The van der Waals surface area contributed by atoms with Gasteiger partial charge < -0.3 is 9.47 Å². The molecule has 4 aromatic carbocycles. The number of ether oxygens (including phenoxy) is 2. The number of esters is 1. The van der Waals surface area contributed by atoms with Gasteiger partial charge in [-0.15, -0.1) is 0 Å². The summed E-state index contributed by atoms with van der Waals surface area (Å²) < 4.78 is 66.5. The van der Waals surface area contributed by atoms with Crippen LogP contribution in [0.25, 0.3) is 0 Å². The van der Waals surface area contributed by atoms with Crippen LogP contribution in [0.3, 0.4) is 0 Å². The van der Waals surface area contributed by atoms with E-state index in [-0.39, 0.29) is 37.0 Å². The van der Waals surface area contributed by atoms with Gasteiger partial charge in [-0.05, 0) is 46.9 Å². The number of carbonyl (C=O) groups is 1. The average molecular weight is 578 g/mol. The Morgan fingerprint density at radius 1 is 0.857 bits per heavy atom. The molecule has 0 spiro atoms. The Kier molecular flexibility index (Phi) is 9.22. The molecular formula is C34H31F4NO3. The van der Waals surface area contributed by atoms with E-state index in [1.165, 1.54) is 12.1 Å². The van der Waals surface area contributed by atoms with Gasteiger partial charge in [0.05, 0.1) is 18.6 Å². The van der Waals surface area contributed by atoms with E-state index in [2.05, 4.69) is 0 Å². The Morgan fingerprint density at radius 2 is 1.55 bits per heavy atom. The Morgan fingerprint density at radius 3 is 2.21 bits per heavy atom. The van der Waals surface area contributed by atoms with Gasteiger partial charge in [-0.25, -0.2) is 4.39 Å². The summed E-state index contributed by atoms with van der Waals surface area (Å²) in [6, 6.07) is 28.7. The van der Waals surface area contributed by atoms with E-state index in [0.29, 0.717) is 31.9 Å². The molecule has 0 bridgehead atoms. The number of carbonyl (C=O) groups excluding carboxylic acids is 1. The first-order chi connectivity index (χ1) is 20.3. The van der Waals surface area contributed by atoms with Crippen LogP contribution in [0.2, 0.25) is 0 Å². The van der Waals surface area contributed by atoms with Crippen LogP contribution < -0.4 is 4.74 Å². The van der Waals surface area contributed by atoms with Crippen molar-refractivity contribution in [1.29, 1.82) is 0 Å². The van der Waals surface area contributed by atoms with E-state index in [1.807, 2.05) is 83.8 Å². The average Bonchev–Trinajstić information content (AvgIpc) is 2.99. The third kappa shape index (κ3) is 7.36. The van der Waals surface area contributed by atoms with Crippen LogP contribution in [0.1, 0.15) is 45.7 Å². The number of cyclic esters (lactones) is 1. The fourth-order valence-corrected chi connectivity index (χ4v) is 5.27. The van der Waals surface area contributed by atoms with Gasteiger partial charge in [0.25, 0.3) is 0 Å². The third-order valence-corrected chi connectivity index (χ3v) is 7.41. The molecule has 0 aromatic heterocycles. The minimum Gasteiger partial charge on any atom is -0.494 e. The fraction of sp³-hybridized carbons (Fsp3) is 0.265. The highest BCUT2D eigenvalue weighted by atomic mass is 19.4. The summed E-state index contributed by atoms with van der Waals surface area (Å²) in [5.41, 5.74) is 2.67. The van der Waals surface area contributed by atoms with Gasteiger partial charge in [0.1, 0.15) is 18.2 Å². The van der Waals surface area contributed by atoms with E-state index in [9.17, 15) is 18.0 Å². The highest BCUT2D eigenvalue weighted by molar-refractivity contribution is 5.74. The number of hydrogen-bond donors (Lipinski definition) is 0. The van der Waals surface area contributed by atoms with Gasteiger partial charge in [0.15, 0.2) is 0 Å². The van der Waals surface area contributed by atoms with Gasteiger partial charge in [0, 0.05) is 31.1 Å². The van der Waals surface area contributed by atoms with Crippen molar-refractivity contribution in [1.82, 2.24) is 4.90 Å². The first kappa shape index (κ1) is 29.3. The number of alkyl halides is 3. The highest BCUT2D eigenvalue weighted by Gasteiger charge is 2.35. The van der Waals surface area contributed by atoms with Gasteiger partial charge in [0.2, 0.25) is 0 Å². The molecule has 1 heterocycles. The molecule has 0 saturated carbocycles. The number of nitrogens with zero attached hydrogens (tertiary/aromatic N) is 1. The summed E-state index contributed by atoms with van der Waals surface area (Å²) in [7, 11) is 0. The zero-order chi connectivity index (χ0) is 29.5. The standard InChI is InChI=1S/C34H31F4NO3/c35-33-26(13-7-14-31(33)34(36,37)38)21-39(22-30(24-9-3-1-4-10-24)25-11-5-2-6-12-25)17-8-18-41-29-16-15-27-23-42-32(40)20-28(27)19-29/h1-7,9-16,19,30H,8,17-18,20-23H2. The van der Waals surface area contributed by atoms with Crippen molar-refractivity contribution in [3.05, 3.63) is 136 Å². The topological polar surface area (TPSA) is 38.8 Å². The maximum absolute atomic E-state index is 15.1. The molecule has 0 atom stereocenters. The van der Waals surface area contributed by atoms with E-state index in [1.54, 1.807) is 0 Å². The quantitative estimate of drug-likeness (QED) is 0.105. The van der Waals surface area contributed by atoms with Crippen molar-refractivity contribution < 1.29 is 31.8 Å². The second kappa shape index (κ2) is 13.2. The number of fused-ring (bicyclic) bond motifs is 1. The molecular weight excluding hydrogens is 546 g/mol. The molecule has 4 aromatic rings. The van der Waals surface area contributed by atoms with Crippen molar-refractivity contribution in [3.63, 3.8) is 0 Å². The van der Waals surface area contributed by atoms with Crippen LogP contribution >= 0.6 is 0 Å². The van der Waals surface area contributed by atoms with Crippen molar-refractivity contribution in [2.75, 3.05) is 19.7 Å². The third-order valence-electron chi connectivity index (χ3n) is 7.41. The van der Waals surface area contributed by atoms with Crippen LogP contribution in [-0.2, 0) is 35.3 Å². The Bertz CT molecular complexity index is 1450. The van der Waals surface area contributed by atoms with Crippen LogP contribution in [0, 0.1) is 5.82 Å². The van der Waals surface area contributed by atoms with E-state index in [0.717, 1.165) is 28.3 Å². The number of rotatable bonds is 11. The SMILES string of the molecule is O=C1Cc2cc(OCCCN(Cc3cccc(C(F)(F)F)c3F)CC(c3ccccc3)c3ccccc3)ccc2CO1. The predicted octanol–water partition coefficient (Wildman–Crippen LogP) is 7.55. The lowest BCUT2D eigenvalue weighted by Crippen LogP contribution is -2.31. The Balaban J connectivity index is 1.34. The zero-order valence-electron chi connectivity index (χ0n) is 22.9. The van der Waals surface area contributed by atoms with E-state index in [4.69, 9.17) is 9.47 Å². The largest absolute Gasteiger partial charge is 0.494 e. The summed E-state index contributed by atoms with van der Waals surface area (Å²) in [5.74, 6) is -0.966. The normalized spacial score (nSPS) is 13.2. The summed E-state index contributed by atoms with van der Waals surface area (Å²) in [6.07, 6.45) is -4.03. The second-order valence-electron chi connectivity index (χ2n) is 10.4. The fourth-order valence-electron chi connectivity index (χ4n) is 5.27. The molecule has 0 saturated heterocycles. The minimum atomic E-state index is -4.78. The molecule has 1 aliphatic rings. The molecule has 0 amide bonds. The lowest BCUT2D eigenvalue weighted by atomic mass is 9.90. The predicted molar refractivity (Wildman–Crippen MR) is 151 cm³/mol. The lowest BCUT2D eigenvalue weighted by Gasteiger charge is -2.29. The van der Waals surface area contributed by atoms with E-state index < -0.39 is 17.6 Å². The number of hydrogen-bond acceptors (Lipinski definition) is 4. The molecule has 0 N–H and O–H groups in total. The van der Waals surface area contributed by atoms with Crippen molar-refractivity contribution >= 4 is 5.97 Å². The molecule has 218 valence electrons. The zero-order valence-corrected chi connectivity index (χ0v) is 22.9. The monoisotopic (exact) mass is 577 g/mol. The molecule has 0 radical (unpaired) electrons. The molecule has 0 unspecified atom stereocenters. The van der Waals surface area contributed by atoms with Crippen LogP contribution in [0.15, 0.2) is 97.1 Å². The molecule has 8 heteroatoms. The molecule has 0 fully saturated rings. The van der Waals surface area contributed by atoms with Crippen molar-refractivity contribution in [2.24, 2.45) is 0 Å². The van der Waals surface area contributed by atoms with E-state index >= 15 is 4.39 Å². The Hall–Kier alpha value is -4.17. The van der Waals surface area contributed by atoms with Gasteiger partial charge in [-0.3, -0.25) is 9.69 Å².